The van der Waals surface area contributed by atoms with E-state index in [-0.39, 0.29) is 11.5 Å². The van der Waals surface area contributed by atoms with E-state index in [0.29, 0.717) is 12.8 Å². The summed E-state index contributed by atoms with van der Waals surface area (Å²) in [6.45, 7) is 3.24. The van der Waals surface area contributed by atoms with Crippen LogP contribution >= 0.6 is 0 Å². The standard InChI is InChI=1S/C6H14O7S2/c1-3-5-14(7,8)12-11-13-15(9,10)6-4-2/h3-6H2,1-2H3. The molecule has 0 aromatic carbocycles. The Morgan fingerprint density at radius 1 is 0.800 bits per heavy atom. The van der Waals surface area contributed by atoms with Crippen molar-refractivity contribution in [2.75, 3.05) is 11.5 Å². The lowest BCUT2D eigenvalue weighted by atomic mass is 10.6. The summed E-state index contributed by atoms with van der Waals surface area (Å²) in [5, 5.41) is 3.69. The van der Waals surface area contributed by atoms with Gasteiger partial charge in [0.15, 0.2) is 0 Å². The Hall–Kier alpha value is -0.220. The molecule has 0 aromatic rings. The minimum atomic E-state index is -3.88. The van der Waals surface area contributed by atoms with Gasteiger partial charge < -0.3 is 0 Å². The highest BCUT2D eigenvalue weighted by atomic mass is 32.2. The Morgan fingerprint density at radius 3 is 1.40 bits per heavy atom. The van der Waals surface area contributed by atoms with Crippen molar-refractivity contribution in [2.24, 2.45) is 0 Å². The molecule has 0 fully saturated rings. The van der Waals surface area contributed by atoms with E-state index in [9.17, 15) is 16.8 Å². The zero-order valence-corrected chi connectivity index (χ0v) is 10.1. The monoisotopic (exact) mass is 262 g/mol. The molecule has 0 atom stereocenters. The van der Waals surface area contributed by atoms with Crippen molar-refractivity contribution < 1.29 is 30.5 Å². The van der Waals surface area contributed by atoms with Crippen LogP contribution in [-0.4, -0.2) is 28.3 Å². The topological polar surface area (TPSA) is 96.0 Å². The van der Waals surface area contributed by atoms with Crippen LogP contribution in [0, 0.1) is 0 Å². The fourth-order valence-corrected chi connectivity index (χ4v) is 2.06. The van der Waals surface area contributed by atoms with Crippen LogP contribution < -0.4 is 0 Å². The van der Waals surface area contributed by atoms with E-state index in [1.165, 1.54) is 0 Å². The van der Waals surface area contributed by atoms with Crippen LogP contribution in [0.5, 0.6) is 0 Å². The molecule has 0 aliphatic heterocycles. The molecule has 15 heavy (non-hydrogen) atoms. The zero-order valence-electron chi connectivity index (χ0n) is 8.50. The summed E-state index contributed by atoms with van der Waals surface area (Å²) in [6.07, 6.45) is 0.654. The molecule has 0 saturated heterocycles. The van der Waals surface area contributed by atoms with Gasteiger partial charge >= 0.3 is 0 Å². The van der Waals surface area contributed by atoms with Gasteiger partial charge in [0.25, 0.3) is 20.2 Å². The highest BCUT2D eigenvalue weighted by molar-refractivity contribution is 7.87. The maximum Gasteiger partial charge on any atom is 0.296 e. The second kappa shape index (κ2) is 6.38. The highest BCUT2D eigenvalue weighted by Crippen LogP contribution is 2.02. The van der Waals surface area contributed by atoms with Crippen LogP contribution in [0.4, 0.5) is 0 Å². The molecule has 9 heteroatoms. The Balaban J connectivity index is 4.00. The third-order valence-corrected chi connectivity index (χ3v) is 3.51. The fourth-order valence-electron chi connectivity index (χ4n) is 0.664. The predicted molar refractivity (Wildman–Crippen MR) is 51.4 cm³/mol. The summed E-state index contributed by atoms with van der Waals surface area (Å²) >= 11 is 0. The molecule has 92 valence electrons. The highest BCUT2D eigenvalue weighted by Gasteiger charge is 2.16. The number of rotatable bonds is 8. The van der Waals surface area contributed by atoms with Crippen LogP contribution in [0.2, 0.25) is 0 Å². The van der Waals surface area contributed by atoms with Gasteiger partial charge in [-0.1, -0.05) is 22.5 Å². The van der Waals surface area contributed by atoms with Crippen molar-refractivity contribution in [1.29, 1.82) is 0 Å². The van der Waals surface area contributed by atoms with Gasteiger partial charge in [0.05, 0.1) is 11.5 Å². The van der Waals surface area contributed by atoms with Crippen molar-refractivity contribution in [2.45, 2.75) is 26.7 Å². The van der Waals surface area contributed by atoms with Gasteiger partial charge in [-0.15, -0.1) is 0 Å². The Labute approximate surface area is 89.4 Å². The normalized spacial score (nSPS) is 12.9. The van der Waals surface area contributed by atoms with Gasteiger partial charge in [-0.2, -0.15) is 16.8 Å². The van der Waals surface area contributed by atoms with Crippen LogP contribution in [0.3, 0.4) is 0 Å². The third kappa shape index (κ3) is 7.68. The minimum Gasteiger partial charge on any atom is -0.197 e. The van der Waals surface area contributed by atoms with Gasteiger partial charge in [-0.05, 0) is 17.9 Å². The molecule has 0 rings (SSSR count). The Morgan fingerprint density at radius 2 is 1.13 bits per heavy atom. The summed E-state index contributed by atoms with van der Waals surface area (Å²) in [6, 6.07) is 0. The lowest BCUT2D eigenvalue weighted by Gasteiger charge is -2.02. The fraction of sp³-hybridized carbons (Fsp3) is 1.00. The molecule has 0 radical (unpaired) electrons. The summed E-state index contributed by atoms with van der Waals surface area (Å²) in [5.74, 6) is -0.547. The third-order valence-electron chi connectivity index (χ3n) is 1.17. The molecule has 0 N–H and O–H groups in total. The van der Waals surface area contributed by atoms with E-state index in [2.05, 4.69) is 13.7 Å². The van der Waals surface area contributed by atoms with Gasteiger partial charge in [0, 0.05) is 0 Å². The van der Waals surface area contributed by atoms with E-state index in [1.54, 1.807) is 13.8 Å². The maximum atomic E-state index is 10.9. The molecule has 0 spiro atoms. The van der Waals surface area contributed by atoms with Gasteiger partial charge in [-0.25, -0.2) is 0 Å². The smallest absolute Gasteiger partial charge is 0.197 e. The average molecular weight is 262 g/mol. The molecule has 0 aliphatic carbocycles. The van der Waals surface area contributed by atoms with Crippen LogP contribution in [0.15, 0.2) is 0 Å². The maximum absolute atomic E-state index is 10.9. The molecule has 0 unspecified atom stereocenters. The second-order valence-corrected chi connectivity index (χ2v) is 6.05. The van der Waals surface area contributed by atoms with Crippen LogP contribution in [0.1, 0.15) is 26.7 Å². The molecule has 7 nitrogen and oxygen atoms in total. The first-order valence-electron chi connectivity index (χ1n) is 4.32. The average Bonchev–Trinajstić information content (AvgIpc) is 2.02. The van der Waals surface area contributed by atoms with Crippen molar-refractivity contribution in [3.63, 3.8) is 0 Å². The zero-order chi connectivity index (χ0) is 11.9. The summed E-state index contributed by atoms with van der Waals surface area (Å²) in [4.78, 5) is 0. The molecular formula is C6H14O7S2. The lowest BCUT2D eigenvalue weighted by Crippen LogP contribution is -2.15. The second-order valence-electron chi connectivity index (χ2n) is 2.73. The molecule has 0 saturated carbocycles. The molecule has 0 aromatic heterocycles. The SMILES string of the molecule is CCCS(=O)(=O)OOOS(=O)(=O)CCC. The first-order valence-corrected chi connectivity index (χ1v) is 7.48. The molecule has 0 amide bonds. The first-order chi connectivity index (χ1) is 6.83. The largest absolute Gasteiger partial charge is 0.296 e. The first kappa shape index (κ1) is 14.8. The number of hydrogen-bond donors (Lipinski definition) is 0. The summed E-state index contributed by atoms with van der Waals surface area (Å²) in [5.41, 5.74) is 0. The Kier molecular flexibility index (Phi) is 6.29. The number of hydrogen-bond acceptors (Lipinski definition) is 7. The van der Waals surface area contributed by atoms with Crippen molar-refractivity contribution in [3.8, 4) is 0 Å². The molecule has 0 heterocycles. The molecule has 0 aliphatic rings. The van der Waals surface area contributed by atoms with E-state index in [0.717, 1.165) is 0 Å². The quantitative estimate of drug-likeness (QED) is 0.460. The van der Waals surface area contributed by atoms with E-state index in [1.807, 2.05) is 0 Å². The van der Waals surface area contributed by atoms with Gasteiger partial charge in [-0.3, -0.25) is 0 Å². The van der Waals surface area contributed by atoms with E-state index >= 15 is 0 Å². The van der Waals surface area contributed by atoms with Crippen LogP contribution in [-0.2, 0) is 33.9 Å². The lowest BCUT2D eigenvalue weighted by molar-refractivity contribution is -0.407. The van der Waals surface area contributed by atoms with Crippen LogP contribution in [0.25, 0.3) is 0 Å². The molecular weight excluding hydrogens is 248 g/mol. The Bertz CT molecular complexity index is 319. The van der Waals surface area contributed by atoms with Gasteiger partial charge in [0.2, 0.25) is 0 Å². The van der Waals surface area contributed by atoms with Crippen molar-refractivity contribution in [1.82, 2.24) is 0 Å². The van der Waals surface area contributed by atoms with Gasteiger partial charge in [0.1, 0.15) is 0 Å². The molecule has 0 bridgehead atoms. The summed E-state index contributed by atoms with van der Waals surface area (Å²) in [7, 11) is -7.76. The van der Waals surface area contributed by atoms with Crippen molar-refractivity contribution in [3.05, 3.63) is 0 Å². The van der Waals surface area contributed by atoms with E-state index < -0.39 is 20.2 Å². The summed E-state index contributed by atoms with van der Waals surface area (Å²) < 4.78 is 51.1. The van der Waals surface area contributed by atoms with Crippen molar-refractivity contribution >= 4 is 20.2 Å². The minimum absolute atomic E-state index is 0.274. The predicted octanol–water partition coefficient (Wildman–Crippen LogP) is 0.346. The van der Waals surface area contributed by atoms with E-state index in [4.69, 9.17) is 0 Å².